The van der Waals surface area contributed by atoms with Crippen LogP contribution in [0, 0.1) is 0 Å². The number of unbranched alkanes of at least 4 members (excludes halogenated alkanes) is 2. The van der Waals surface area contributed by atoms with E-state index in [4.69, 9.17) is 32.7 Å². The van der Waals surface area contributed by atoms with Crippen molar-refractivity contribution < 1.29 is 19.1 Å². The molecule has 31 heavy (non-hydrogen) atoms. The van der Waals surface area contributed by atoms with Crippen molar-refractivity contribution in [1.82, 2.24) is 5.32 Å². The van der Waals surface area contributed by atoms with Crippen LogP contribution in [-0.4, -0.2) is 25.5 Å². The first kappa shape index (κ1) is 23.2. The molecule has 6 nitrogen and oxygen atoms in total. The summed E-state index contributed by atoms with van der Waals surface area (Å²) in [7, 11) is 1.58. The number of hydrogen-bond donors (Lipinski definition) is 1. The Kier molecular flexibility index (Phi) is 7.68. The summed E-state index contributed by atoms with van der Waals surface area (Å²) in [6, 6.07) is 7.96. The van der Waals surface area contributed by atoms with E-state index in [-0.39, 0.29) is 18.4 Å². The molecule has 1 aliphatic rings. The molecular formula is C23H26Cl2N2O4. The molecule has 2 aromatic rings. The molecular weight excluding hydrogens is 439 g/mol. The number of benzene rings is 2. The van der Waals surface area contributed by atoms with Gasteiger partial charge in [0.1, 0.15) is 6.04 Å². The number of anilines is 1. The number of nitrogens with one attached hydrogen (secondary N) is 1. The van der Waals surface area contributed by atoms with E-state index in [9.17, 15) is 9.59 Å². The topological polar surface area (TPSA) is 67.9 Å². The Morgan fingerprint density at radius 2 is 1.87 bits per heavy atom. The van der Waals surface area contributed by atoms with Crippen LogP contribution >= 0.6 is 23.2 Å². The van der Waals surface area contributed by atoms with Crippen LogP contribution in [0.1, 0.15) is 50.3 Å². The number of halogens is 2. The summed E-state index contributed by atoms with van der Waals surface area (Å²) in [4.78, 5) is 26.4. The van der Waals surface area contributed by atoms with Crippen LogP contribution in [0.3, 0.4) is 0 Å². The second-order valence-electron chi connectivity index (χ2n) is 7.39. The average molecular weight is 465 g/mol. The van der Waals surface area contributed by atoms with Gasteiger partial charge in [0.25, 0.3) is 5.91 Å². The Labute approximate surface area is 192 Å². The Morgan fingerprint density at radius 1 is 1.13 bits per heavy atom. The normalized spacial score (nSPS) is 15.1. The third-order valence-electron chi connectivity index (χ3n) is 5.11. The van der Waals surface area contributed by atoms with Crippen LogP contribution < -0.4 is 19.7 Å². The highest BCUT2D eigenvalue weighted by Gasteiger charge is 2.41. The van der Waals surface area contributed by atoms with Gasteiger partial charge in [-0.2, -0.15) is 0 Å². The van der Waals surface area contributed by atoms with Crippen LogP contribution in [0.15, 0.2) is 30.3 Å². The number of amides is 2. The summed E-state index contributed by atoms with van der Waals surface area (Å²) in [6.07, 6.45) is 3.21. The van der Waals surface area contributed by atoms with Crippen LogP contribution in [0.4, 0.5) is 5.69 Å². The van der Waals surface area contributed by atoms with Gasteiger partial charge in [0.2, 0.25) is 5.91 Å². The number of methoxy groups -OCH3 is 1. The molecule has 166 valence electrons. The quantitative estimate of drug-likeness (QED) is 0.511. The van der Waals surface area contributed by atoms with Gasteiger partial charge in [-0.1, -0.05) is 49.0 Å². The first-order valence-corrected chi connectivity index (χ1v) is 11.0. The molecule has 0 radical (unpaired) electrons. The molecule has 3 rings (SSSR count). The van der Waals surface area contributed by atoms with Gasteiger partial charge in [-0.25, -0.2) is 0 Å². The second kappa shape index (κ2) is 10.2. The van der Waals surface area contributed by atoms with Gasteiger partial charge >= 0.3 is 0 Å². The number of carbonyl (C=O) groups is 2. The number of ether oxygens (including phenoxy) is 2. The number of fused-ring (bicyclic) bond motifs is 1. The lowest BCUT2D eigenvalue weighted by Crippen LogP contribution is -2.36. The van der Waals surface area contributed by atoms with Gasteiger partial charge in [0.15, 0.2) is 11.5 Å². The summed E-state index contributed by atoms with van der Waals surface area (Å²) < 4.78 is 11.3. The smallest absolute Gasteiger partial charge is 0.254 e. The lowest BCUT2D eigenvalue weighted by atomic mass is 10.1. The highest BCUT2D eigenvalue weighted by atomic mass is 35.5. The summed E-state index contributed by atoms with van der Waals surface area (Å²) in [5.41, 5.74) is 1.85. The number of nitrogens with zero attached hydrogens (tertiary/aromatic N) is 1. The number of carbonyl (C=O) groups excluding carboxylic acids is 2. The molecule has 0 saturated heterocycles. The minimum Gasteiger partial charge on any atom is -0.493 e. The average Bonchev–Trinajstić information content (AvgIpc) is 3.01. The highest BCUT2D eigenvalue weighted by molar-refractivity contribution is 6.38. The largest absolute Gasteiger partial charge is 0.493 e. The van der Waals surface area contributed by atoms with E-state index < -0.39 is 6.04 Å². The fourth-order valence-corrected chi connectivity index (χ4v) is 4.16. The molecule has 0 spiro atoms. The van der Waals surface area contributed by atoms with E-state index in [1.165, 1.54) is 6.92 Å². The van der Waals surface area contributed by atoms with E-state index in [1.807, 2.05) is 18.2 Å². The zero-order chi connectivity index (χ0) is 22.5. The van der Waals surface area contributed by atoms with Gasteiger partial charge in [0, 0.05) is 17.5 Å². The van der Waals surface area contributed by atoms with E-state index >= 15 is 0 Å². The predicted octanol–water partition coefficient (Wildman–Crippen LogP) is 5.30. The molecule has 8 heteroatoms. The van der Waals surface area contributed by atoms with E-state index in [0.29, 0.717) is 39.4 Å². The molecule has 0 saturated carbocycles. The first-order valence-electron chi connectivity index (χ1n) is 10.2. The first-order chi connectivity index (χ1) is 14.9. The molecule has 2 aromatic carbocycles. The highest BCUT2D eigenvalue weighted by Crippen LogP contribution is 2.45. The molecule has 1 aliphatic heterocycles. The Bertz CT molecular complexity index is 980. The number of hydrogen-bond acceptors (Lipinski definition) is 4. The molecule has 0 aliphatic carbocycles. The maximum atomic E-state index is 13.2. The van der Waals surface area contributed by atoms with Crippen molar-refractivity contribution in [3.05, 3.63) is 51.5 Å². The maximum Gasteiger partial charge on any atom is 0.254 e. The van der Waals surface area contributed by atoms with Crippen molar-refractivity contribution in [3.63, 3.8) is 0 Å². The fraction of sp³-hybridized carbons (Fsp3) is 0.391. The molecule has 1 unspecified atom stereocenters. The van der Waals surface area contributed by atoms with E-state index in [1.54, 1.807) is 24.1 Å². The lowest BCUT2D eigenvalue weighted by molar-refractivity contribution is -0.126. The lowest BCUT2D eigenvalue weighted by Gasteiger charge is -2.20. The van der Waals surface area contributed by atoms with Crippen molar-refractivity contribution in [2.75, 3.05) is 18.6 Å². The maximum absolute atomic E-state index is 13.2. The van der Waals surface area contributed by atoms with Crippen molar-refractivity contribution in [2.24, 2.45) is 0 Å². The van der Waals surface area contributed by atoms with Gasteiger partial charge in [-0.15, -0.1) is 0 Å². The fourth-order valence-electron chi connectivity index (χ4n) is 3.64. The van der Waals surface area contributed by atoms with E-state index in [0.717, 1.165) is 24.8 Å². The van der Waals surface area contributed by atoms with Gasteiger partial charge in [-0.3, -0.25) is 9.59 Å². The predicted molar refractivity (Wildman–Crippen MR) is 122 cm³/mol. The third kappa shape index (κ3) is 5.08. The molecule has 0 aromatic heterocycles. The van der Waals surface area contributed by atoms with Gasteiger partial charge < -0.3 is 19.7 Å². The van der Waals surface area contributed by atoms with Crippen LogP contribution in [0.2, 0.25) is 10.0 Å². The SMILES string of the molecule is CCCCCOc1ccc(CN2C(=O)C(NC(C)=O)c3c(Cl)ccc(Cl)c32)cc1OC. The molecule has 0 bridgehead atoms. The molecule has 1 heterocycles. The zero-order valence-corrected chi connectivity index (χ0v) is 19.3. The molecule has 0 fully saturated rings. The summed E-state index contributed by atoms with van der Waals surface area (Å²) >= 11 is 12.8. The van der Waals surface area contributed by atoms with Gasteiger partial charge in [0.05, 0.1) is 31.0 Å². The molecule has 1 N–H and O–H groups in total. The summed E-state index contributed by atoms with van der Waals surface area (Å²) in [5, 5.41) is 3.45. The monoisotopic (exact) mass is 464 g/mol. The Balaban J connectivity index is 1.88. The van der Waals surface area contributed by atoms with Crippen molar-refractivity contribution >= 4 is 40.7 Å². The third-order valence-corrected chi connectivity index (χ3v) is 5.74. The molecule has 2 amide bonds. The zero-order valence-electron chi connectivity index (χ0n) is 17.8. The Morgan fingerprint density at radius 3 is 2.55 bits per heavy atom. The summed E-state index contributed by atoms with van der Waals surface area (Å²) in [5.74, 6) is 0.636. The van der Waals surface area contributed by atoms with Crippen LogP contribution in [0.5, 0.6) is 11.5 Å². The van der Waals surface area contributed by atoms with E-state index in [2.05, 4.69) is 12.2 Å². The number of rotatable bonds is 9. The van der Waals surface area contributed by atoms with Crippen molar-refractivity contribution in [3.8, 4) is 11.5 Å². The summed E-state index contributed by atoms with van der Waals surface area (Å²) in [6.45, 7) is 4.36. The minimum atomic E-state index is -0.873. The standard InChI is InChI=1S/C23H26Cl2N2O4/c1-4-5-6-11-31-18-10-7-15(12-19(18)30-3)13-27-22-17(25)9-8-16(24)20(22)21(23(27)29)26-14(2)28/h7-10,12,21H,4-6,11,13H2,1-3H3,(H,26,28). The second-order valence-corrected chi connectivity index (χ2v) is 8.20. The van der Waals surface area contributed by atoms with Crippen molar-refractivity contribution in [2.45, 2.75) is 45.7 Å². The van der Waals surface area contributed by atoms with Crippen LogP contribution in [0.25, 0.3) is 0 Å². The van der Waals surface area contributed by atoms with Gasteiger partial charge in [-0.05, 0) is 36.2 Å². The molecule has 1 atom stereocenters. The van der Waals surface area contributed by atoms with Crippen LogP contribution in [-0.2, 0) is 16.1 Å². The van der Waals surface area contributed by atoms with Crippen molar-refractivity contribution in [1.29, 1.82) is 0 Å². The minimum absolute atomic E-state index is 0.244. The Hall–Kier alpha value is -2.44.